The van der Waals surface area contributed by atoms with Crippen molar-refractivity contribution in [2.75, 3.05) is 0 Å². The van der Waals surface area contributed by atoms with E-state index < -0.39 is 0 Å². The number of nitriles is 1. The Kier molecular flexibility index (Phi) is 3.49. The summed E-state index contributed by atoms with van der Waals surface area (Å²) in [5.41, 5.74) is 2.15. The quantitative estimate of drug-likeness (QED) is 0.680. The Morgan fingerprint density at radius 3 is 2.74 bits per heavy atom. The fourth-order valence-electron chi connectivity index (χ4n) is 7.11. The molecule has 0 N–H and O–H groups in total. The lowest BCUT2D eigenvalue weighted by Crippen LogP contribution is -2.50. The van der Waals surface area contributed by atoms with E-state index in [0.717, 1.165) is 43.4 Å². The molecule has 4 aliphatic rings. The molecular formula is C21H29NO. The molecule has 0 bridgehead atoms. The van der Waals surface area contributed by atoms with Gasteiger partial charge in [0.1, 0.15) is 0 Å². The molecule has 6 unspecified atom stereocenters. The van der Waals surface area contributed by atoms with Gasteiger partial charge in [-0.25, -0.2) is 0 Å². The second-order valence-corrected chi connectivity index (χ2v) is 9.15. The highest BCUT2D eigenvalue weighted by atomic mass is 16.1. The van der Waals surface area contributed by atoms with E-state index in [1.165, 1.54) is 37.7 Å². The Hall–Kier alpha value is -1.10. The zero-order chi connectivity index (χ0) is 16.2. The summed E-state index contributed by atoms with van der Waals surface area (Å²) in [6, 6.07) is 2.45. The van der Waals surface area contributed by atoms with Crippen LogP contribution >= 0.6 is 0 Å². The molecule has 4 aliphatic carbocycles. The van der Waals surface area contributed by atoms with E-state index >= 15 is 0 Å². The van der Waals surface area contributed by atoms with Crippen LogP contribution in [0.3, 0.4) is 0 Å². The molecule has 3 saturated carbocycles. The van der Waals surface area contributed by atoms with Gasteiger partial charge in [-0.05, 0) is 85.5 Å². The zero-order valence-corrected chi connectivity index (χ0v) is 14.6. The molecule has 0 radical (unpaired) electrons. The number of carbonyl (C=O) groups excluding carboxylic acids is 1. The van der Waals surface area contributed by atoms with E-state index in [-0.39, 0.29) is 5.41 Å². The number of hydrogen-bond donors (Lipinski definition) is 0. The molecule has 0 spiro atoms. The SMILES string of the molecule is CC12CCC(=O)C=C1CCC1C2CCC2(C)C(CC#N)CCC12. The van der Waals surface area contributed by atoms with Crippen molar-refractivity contribution < 1.29 is 4.79 Å². The van der Waals surface area contributed by atoms with Gasteiger partial charge in [-0.1, -0.05) is 19.4 Å². The van der Waals surface area contributed by atoms with Gasteiger partial charge in [0.15, 0.2) is 5.78 Å². The summed E-state index contributed by atoms with van der Waals surface area (Å²) in [6.45, 7) is 4.94. The number of allylic oxidation sites excluding steroid dienone is 1. The smallest absolute Gasteiger partial charge is 0.155 e. The lowest BCUT2D eigenvalue weighted by atomic mass is 9.47. The van der Waals surface area contributed by atoms with E-state index in [9.17, 15) is 10.1 Å². The average Bonchev–Trinajstić information content (AvgIpc) is 2.85. The summed E-state index contributed by atoms with van der Waals surface area (Å²) in [5.74, 6) is 3.39. The molecule has 3 fully saturated rings. The lowest BCUT2D eigenvalue weighted by molar-refractivity contribution is -0.117. The van der Waals surface area contributed by atoms with Gasteiger partial charge >= 0.3 is 0 Å². The van der Waals surface area contributed by atoms with Crippen LogP contribution in [0.4, 0.5) is 0 Å². The molecule has 0 heterocycles. The second-order valence-electron chi connectivity index (χ2n) is 9.15. The molecule has 0 aromatic heterocycles. The topological polar surface area (TPSA) is 40.9 Å². The highest BCUT2D eigenvalue weighted by Crippen LogP contribution is 2.66. The highest BCUT2D eigenvalue weighted by Gasteiger charge is 2.58. The first-order chi connectivity index (χ1) is 11.0. The maximum absolute atomic E-state index is 11.9. The normalized spacial score (nSPS) is 48.7. The van der Waals surface area contributed by atoms with Gasteiger partial charge in [-0.15, -0.1) is 0 Å². The molecular weight excluding hydrogens is 282 g/mol. The number of nitrogens with zero attached hydrogens (tertiary/aromatic N) is 1. The van der Waals surface area contributed by atoms with Crippen LogP contribution in [0.25, 0.3) is 0 Å². The van der Waals surface area contributed by atoms with Crippen LogP contribution in [-0.2, 0) is 4.79 Å². The molecule has 6 atom stereocenters. The van der Waals surface area contributed by atoms with Crippen LogP contribution < -0.4 is 0 Å². The molecule has 0 saturated heterocycles. The maximum Gasteiger partial charge on any atom is 0.155 e. The third-order valence-electron chi connectivity index (χ3n) is 8.50. The number of ketones is 1. The number of carbonyl (C=O) groups is 1. The van der Waals surface area contributed by atoms with Gasteiger partial charge in [0.05, 0.1) is 6.07 Å². The van der Waals surface area contributed by atoms with Gasteiger partial charge in [-0.2, -0.15) is 5.26 Å². The highest BCUT2D eigenvalue weighted by molar-refractivity contribution is 5.91. The number of fused-ring (bicyclic) bond motifs is 5. The van der Waals surface area contributed by atoms with E-state index in [4.69, 9.17) is 0 Å². The van der Waals surface area contributed by atoms with Crippen molar-refractivity contribution in [3.63, 3.8) is 0 Å². The van der Waals surface area contributed by atoms with Crippen molar-refractivity contribution in [3.05, 3.63) is 11.6 Å². The van der Waals surface area contributed by atoms with Gasteiger partial charge in [0.2, 0.25) is 0 Å². The fourth-order valence-corrected chi connectivity index (χ4v) is 7.11. The van der Waals surface area contributed by atoms with Crippen LogP contribution in [0.5, 0.6) is 0 Å². The van der Waals surface area contributed by atoms with Crippen molar-refractivity contribution >= 4 is 5.78 Å². The molecule has 0 aromatic rings. The third kappa shape index (κ3) is 2.08. The Balaban J connectivity index is 1.65. The molecule has 124 valence electrons. The monoisotopic (exact) mass is 311 g/mol. The van der Waals surface area contributed by atoms with Crippen molar-refractivity contribution in [2.24, 2.45) is 34.5 Å². The predicted octanol–water partition coefficient (Wildman–Crippen LogP) is 5.05. The Morgan fingerprint density at radius 1 is 1.13 bits per heavy atom. The summed E-state index contributed by atoms with van der Waals surface area (Å²) in [6.07, 6.45) is 12.2. The van der Waals surface area contributed by atoms with Crippen molar-refractivity contribution in [1.29, 1.82) is 5.26 Å². The molecule has 0 aliphatic heterocycles. The predicted molar refractivity (Wildman–Crippen MR) is 90.4 cm³/mol. The summed E-state index contributed by atoms with van der Waals surface area (Å²) in [4.78, 5) is 11.9. The number of hydrogen-bond acceptors (Lipinski definition) is 2. The zero-order valence-electron chi connectivity index (χ0n) is 14.6. The van der Waals surface area contributed by atoms with E-state index in [1.807, 2.05) is 6.08 Å². The first kappa shape index (κ1) is 15.4. The van der Waals surface area contributed by atoms with E-state index in [0.29, 0.717) is 17.1 Å². The van der Waals surface area contributed by atoms with Crippen LogP contribution in [0.15, 0.2) is 11.6 Å². The van der Waals surface area contributed by atoms with Gasteiger partial charge in [0.25, 0.3) is 0 Å². The molecule has 2 nitrogen and oxygen atoms in total. The minimum absolute atomic E-state index is 0.283. The first-order valence-corrected chi connectivity index (χ1v) is 9.60. The molecule has 4 rings (SSSR count). The minimum Gasteiger partial charge on any atom is -0.295 e. The largest absolute Gasteiger partial charge is 0.295 e. The number of rotatable bonds is 1. The molecule has 2 heteroatoms. The van der Waals surface area contributed by atoms with E-state index in [2.05, 4.69) is 19.9 Å². The van der Waals surface area contributed by atoms with Gasteiger partial charge in [-0.3, -0.25) is 4.79 Å². The summed E-state index contributed by atoms with van der Waals surface area (Å²) in [5, 5.41) is 9.19. The fraction of sp³-hybridized carbons (Fsp3) is 0.810. The van der Waals surface area contributed by atoms with E-state index in [1.54, 1.807) is 0 Å². The first-order valence-electron chi connectivity index (χ1n) is 9.60. The summed E-state index contributed by atoms with van der Waals surface area (Å²) < 4.78 is 0. The van der Waals surface area contributed by atoms with Crippen molar-refractivity contribution in [3.8, 4) is 6.07 Å². The standard InChI is InChI=1S/C21H29NO/c1-20-11-8-19-17(18(20)6-4-14(20)9-12-22)5-3-15-13-16(23)7-10-21(15,19)2/h13-14,17-19H,3-11H2,1-2H3. The van der Waals surface area contributed by atoms with Crippen molar-refractivity contribution in [1.82, 2.24) is 0 Å². The maximum atomic E-state index is 11.9. The second kappa shape index (κ2) is 5.20. The summed E-state index contributed by atoms with van der Waals surface area (Å²) >= 11 is 0. The third-order valence-corrected chi connectivity index (χ3v) is 8.50. The average molecular weight is 311 g/mol. The van der Waals surface area contributed by atoms with Gasteiger partial charge in [0, 0.05) is 12.8 Å². The minimum atomic E-state index is 0.283. The van der Waals surface area contributed by atoms with Crippen molar-refractivity contribution in [2.45, 2.75) is 71.6 Å². The Labute approximate surface area is 140 Å². The summed E-state index contributed by atoms with van der Waals surface area (Å²) in [7, 11) is 0. The molecule has 0 amide bonds. The van der Waals surface area contributed by atoms with Crippen LogP contribution in [-0.4, -0.2) is 5.78 Å². The van der Waals surface area contributed by atoms with Crippen LogP contribution in [0.1, 0.15) is 71.6 Å². The van der Waals surface area contributed by atoms with Gasteiger partial charge < -0.3 is 0 Å². The molecule has 0 aromatic carbocycles. The Bertz CT molecular complexity index is 599. The molecule has 23 heavy (non-hydrogen) atoms. The van der Waals surface area contributed by atoms with Crippen LogP contribution in [0, 0.1) is 45.8 Å². The Morgan fingerprint density at radius 2 is 1.96 bits per heavy atom. The van der Waals surface area contributed by atoms with Crippen LogP contribution in [0.2, 0.25) is 0 Å². The lowest BCUT2D eigenvalue weighted by Gasteiger charge is -2.58.